The number of rotatable bonds is 7. The lowest BCUT2D eigenvalue weighted by atomic mass is 9.83. The van der Waals surface area contributed by atoms with Crippen molar-refractivity contribution in [3.05, 3.63) is 65.7 Å². The van der Waals surface area contributed by atoms with Crippen LogP contribution in [0.4, 0.5) is 9.18 Å². The maximum Gasteiger partial charge on any atom is 0.409 e. The van der Waals surface area contributed by atoms with Gasteiger partial charge in [0.25, 0.3) is 0 Å². The average Bonchev–Trinajstić information content (AvgIpc) is 2.75. The number of halogens is 1. The first-order valence-electron chi connectivity index (χ1n) is 10.1. The Hall–Kier alpha value is -2.60. The molecular formula is C23H28FNO4. The highest BCUT2D eigenvalue weighted by molar-refractivity contribution is 5.68. The number of ether oxygens (including phenoxy) is 2. The van der Waals surface area contributed by atoms with Crippen LogP contribution in [0.2, 0.25) is 0 Å². The Bertz CT molecular complexity index is 783. The summed E-state index contributed by atoms with van der Waals surface area (Å²) in [7, 11) is 0. The molecule has 6 heteroatoms. The second-order valence-electron chi connectivity index (χ2n) is 7.35. The summed E-state index contributed by atoms with van der Waals surface area (Å²) in [5.41, 5.74) is -0.0914. The van der Waals surface area contributed by atoms with Gasteiger partial charge in [-0.05, 0) is 29.7 Å². The van der Waals surface area contributed by atoms with E-state index in [0.29, 0.717) is 24.5 Å². The molecule has 1 N–H and O–H groups in total. The van der Waals surface area contributed by atoms with E-state index in [4.69, 9.17) is 9.47 Å². The highest BCUT2D eigenvalue weighted by Gasteiger charge is 2.44. The molecule has 1 amide bonds. The van der Waals surface area contributed by atoms with Gasteiger partial charge in [-0.3, -0.25) is 0 Å². The van der Waals surface area contributed by atoms with Gasteiger partial charge in [0.05, 0.1) is 13.2 Å². The lowest BCUT2D eigenvalue weighted by Crippen LogP contribution is -2.53. The van der Waals surface area contributed by atoms with Gasteiger partial charge < -0.3 is 19.5 Å². The van der Waals surface area contributed by atoms with Crippen molar-refractivity contribution < 1.29 is 23.8 Å². The summed E-state index contributed by atoms with van der Waals surface area (Å²) in [4.78, 5) is 13.4. The molecule has 0 saturated carbocycles. The van der Waals surface area contributed by atoms with Crippen molar-refractivity contribution in [1.82, 2.24) is 4.90 Å². The van der Waals surface area contributed by atoms with Crippen molar-refractivity contribution in [3.63, 3.8) is 0 Å². The number of aliphatic hydroxyl groups is 1. The van der Waals surface area contributed by atoms with E-state index in [2.05, 4.69) is 0 Å². The van der Waals surface area contributed by atoms with Gasteiger partial charge in [-0.2, -0.15) is 0 Å². The second kappa shape index (κ2) is 9.74. The van der Waals surface area contributed by atoms with Crippen molar-refractivity contribution in [3.8, 4) is 5.75 Å². The number of piperidine rings is 1. The van der Waals surface area contributed by atoms with E-state index in [9.17, 15) is 14.3 Å². The molecule has 1 aliphatic rings. The van der Waals surface area contributed by atoms with Crippen LogP contribution in [0, 0.1) is 0 Å². The monoisotopic (exact) mass is 401 g/mol. The van der Waals surface area contributed by atoms with Gasteiger partial charge in [-0.25, -0.2) is 9.18 Å². The molecule has 0 aliphatic carbocycles. The predicted molar refractivity (Wildman–Crippen MR) is 108 cm³/mol. The van der Waals surface area contributed by atoms with Gasteiger partial charge in [0.2, 0.25) is 0 Å². The molecule has 156 valence electrons. The standard InChI is InChI=1S/C23H28FNO4/c1-2-3-15-28-22(26)25-14-13-23(27,21(24)16-25)19-9-11-20(12-10-19)29-17-18-7-5-4-6-8-18/h4-12,21,27H,2-3,13-17H2,1H3. The van der Waals surface area contributed by atoms with Gasteiger partial charge >= 0.3 is 6.09 Å². The molecule has 2 unspecified atom stereocenters. The number of alkyl halides is 1. The zero-order valence-electron chi connectivity index (χ0n) is 16.7. The SMILES string of the molecule is CCCCOC(=O)N1CCC(O)(c2ccc(OCc3ccccc3)cc2)C(F)C1. The third-order valence-electron chi connectivity index (χ3n) is 5.25. The first-order valence-corrected chi connectivity index (χ1v) is 10.1. The maximum absolute atomic E-state index is 14.9. The molecule has 1 heterocycles. The van der Waals surface area contributed by atoms with Crippen LogP contribution in [0.25, 0.3) is 0 Å². The summed E-state index contributed by atoms with van der Waals surface area (Å²) in [5, 5.41) is 10.9. The molecule has 1 saturated heterocycles. The minimum atomic E-state index is -1.63. The molecule has 0 bridgehead atoms. The van der Waals surface area contributed by atoms with E-state index in [1.807, 2.05) is 37.3 Å². The Morgan fingerprint density at radius 2 is 1.93 bits per heavy atom. The highest BCUT2D eigenvalue weighted by atomic mass is 19.1. The fourth-order valence-corrected chi connectivity index (χ4v) is 3.36. The molecule has 5 nitrogen and oxygen atoms in total. The molecule has 3 rings (SSSR count). The van der Waals surface area contributed by atoms with E-state index in [-0.39, 0.29) is 19.5 Å². The number of carbonyl (C=O) groups is 1. The molecule has 0 radical (unpaired) electrons. The van der Waals surface area contributed by atoms with Gasteiger partial charge in [-0.1, -0.05) is 55.8 Å². The van der Waals surface area contributed by atoms with Gasteiger partial charge in [0, 0.05) is 13.0 Å². The molecule has 1 fully saturated rings. The van der Waals surface area contributed by atoms with Crippen LogP contribution < -0.4 is 4.74 Å². The van der Waals surface area contributed by atoms with Crippen LogP contribution >= 0.6 is 0 Å². The second-order valence-corrected chi connectivity index (χ2v) is 7.35. The summed E-state index contributed by atoms with van der Waals surface area (Å²) in [6.07, 6.45) is -0.300. The number of benzene rings is 2. The molecule has 2 aromatic rings. The van der Waals surface area contributed by atoms with Crippen molar-refractivity contribution in [2.45, 2.75) is 44.6 Å². The maximum atomic E-state index is 14.9. The topological polar surface area (TPSA) is 59.0 Å². The molecular weight excluding hydrogens is 373 g/mol. The zero-order valence-corrected chi connectivity index (χ0v) is 16.7. The lowest BCUT2D eigenvalue weighted by Gasteiger charge is -2.40. The number of nitrogens with zero attached hydrogens (tertiary/aromatic N) is 1. The van der Waals surface area contributed by atoms with Crippen molar-refractivity contribution >= 4 is 6.09 Å². The first kappa shape index (κ1) is 21.1. The Morgan fingerprint density at radius 3 is 2.59 bits per heavy atom. The van der Waals surface area contributed by atoms with Crippen molar-refractivity contribution in [2.24, 2.45) is 0 Å². The van der Waals surface area contributed by atoms with E-state index < -0.39 is 17.9 Å². The molecule has 1 aliphatic heterocycles. The largest absolute Gasteiger partial charge is 0.489 e. The Kier molecular flexibility index (Phi) is 7.09. The summed E-state index contributed by atoms with van der Waals surface area (Å²) in [6.45, 7) is 2.83. The number of amides is 1. The Labute approximate surface area is 171 Å². The summed E-state index contributed by atoms with van der Waals surface area (Å²) >= 11 is 0. The minimum Gasteiger partial charge on any atom is -0.489 e. The average molecular weight is 401 g/mol. The van der Waals surface area contributed by atoms with E-state index in [1.165, 1.54) is 4.90 Å². The van der Waals surface area contributed by atoms with Crippen LogP contribution in [0.1, 0.15) is 37.3 Å². The minimum absolute atomic E-state index is 0.112. The van der Waals surface area contributed by atoms with Crippen LogP contribution in [0.3, 0.4) is 0 Å². The molecule has 2 atom stereocenters. The summed E-state index contributed by atoms with van der Waals surface area (Å²) in [6, 6.07) is 16.6. The van der Waals surface area contributed by atoms with Gasteiger partial charge in [0.15, 0.2) is 6.17 Å². The number of likely N-dealkylation sites (tertiary alicyclic amines) is 1. The van der Waals surface area contributed by atoms with Crippen molar-refractivity contribution in [2.75, 3.05) is 19.7 Å². The third-order valence-corrected chi connectivity index (χ3v) is 5.25. The Balaban J connectivity index is 1.57. The molecule has 2 aromatic carbocycles. The number of hydrogen-bond donors (Lipinski definition) is 1. The molecule has 29 heavy (non-hydrogen) atoms. The van der Waals surface area contributed by atoms with Crippen LogP contribution in [-0.2, 0) is 16.9 Å². The fourth-order valence-electron chi connectivity index (χ4n) is 3.36. The quantitative estimate of drug-likeness (QED) is 0.697. The zero-order chi connectivity index (χ0) is 20.7. The van der Waals surface area contributed by atoms with Crippen molar-refractivity contribution in [1.29, 1.82) is 0 Å². The van der Waals surface area contributed by atoms with E-state index in [0.717, 1.165) is 18.4 Å². The summed E-state index contributed by atoms with van der Waals surface area (Å²) < 4.78 is 25.7. The van der Waals surface area contributed by atoms with E-state index >= 15 is 0 Å². The lowest BCUT2D eigenvalue weighted by molar-refractivity contribution is -0.0866. The first-order chi connectivity index (χ1) is 14.0. The molecule has 0 aromatic heterocycles. The van der Waals surface area contributed by atoms with Gasteiger partial charge in [-0.15, -0.1) is 0 Å². The fraction of sp³-hybridized carbons (Fsp3) is 0.435. The molecule has 0 spiro atoms. The predicted octanol–water partition coefficient (Wildman–Crippen LogP) is 4.43. The van der Waals surface area contributed by atoms with E-state index in [1.54, 1.807) is 24.3 Å². The highest BCUT2D eigenvalue weighted by Crippen LogP contribution is 2.36. The van der Waals surface area contributed by atoms with Crippen LogP contribution in [0.15, 0.2) is 54.6 Å². The smallest absolute Gasteiger partial charge is 0.409 e. The number of carbonyl (C=O) groups excluding carboxylic acids is 1. The number of unbranched alkanes of at least 4 members (excludes halogenated alkanes) is 1. The summed E-state index contributed by atoms with van der Waals surface area (Å²) in [5.74, 6) is 0.647. The van der Waals surface area contributed by atoms with Crippen LogP contribution in [0.5, 0.6) is 5.75 Å². The normalized spacial score (nSPS) is 21.6. The van der Waals surface area contributed by atoms with Gasteiger partial charge in [0.1, 0.15) is 18.0 Å². The number of hydrogen-bond acceptors (Lipinski definition) is 4. The Morgan fingerprint density at radius 1 is 1.21 bits per heavy atom. The third kappa shape index (κ3) is 5.26. The van der Waals surface area contributed by atoms with Crippen LogP contribution in [-0.4, -0.2) is 42.0 Å².